The van der Waals surface area contributed by atoms with E-state index < -0.39 is 23.6 Å². The van der Waals surface area contributed by atoms with Gasteiger partial charge in [-0.25, -0.2) is 4.79 Å². The van der Waals surface area contributed by atoms with Crippen LogP contribution >= 0.6 is 0 Å². The van der Waals surface area contributed by atoms with Crippen molar-refractivity contribution in [1.29, 1.82) is 0 Å². The first-order valence-corrected chi connectivity index (χ1v) is 16.3. The van der Waals surface area contributed by atoms with Gasteiger partial charge in [0.05, 0.1) is 11.5 Å². The van der Waals surface area contributed by atoms with Gasteiger partial charge in [-0.05, 0) is 111 Å². The first-order valence-electron chi connectivity index (χ1n) is 16.3. The Morgan fingerprint density at radius 1 is 0.935 bits per heavy atom. The van der Waals surface area contributed by atoms with Gasteiger partial charge in [-0.15, -0.1) is 0 Å². The van der Waals surface area contributed by atoms with E-state index in [-0.39, 0.29) is 18.3 Å². The molecule has 0 saturated carbocycles. The number of halogens is 3. The molecule has 4 atom stereocenters. The van der Waals surface area contributed by atoms with Crippen molar-refractivity contribution in [3.8, 4) is 0 Å². The summed E-state index contributed by atoms with van der Waals surface area (Å²) in [7, 11) is 0. The lowest BCUT2D eigenvalue weighted by molar-refractivity contribution is -0.160. The third-order valence-electron chi connectivity index (χ3n) is 9.93. The fourth-order valence-electron chi connectivity index (χ4n) is 6.32. The highest BCUT2D eigenvalue weighted by Crippen LogP contribution is 2.39. The average molecular weight is 632 g/mol. The zero-order valence-corrected chi connectivity index (χ0v) is 28.1. The van der Waals surface area contributed by atoms with Crippen molar-refractivity contribution in [2.45, 2.75) is 91.3 Å². The fourth-order valence-corrected chi connectivity index (χ4v) is 6.32. The molecule has 0 aliphatic heterocycles. The number of hydrogen-bond donors (Lipinski definition) is 2. The molecule has 2 aliphatic rings. The Labute approximate surface area is 272 Å². The molecule has 0 aromatic heterocycles. The van der Waals surface area contributed by atoms with E-state index in [9.17, 15) is 23.1 Å². The first-order chi connectivity index (χ1) is 21.6. The van der Waals surface area contributed by atoms with Crippen molar-refractivity contribution in [3.05, 3.63) is 123 Å². The van der Waals surface area contributed by atoms with E-state index in [0.717, 1.165) is 29.5 Å². The molecule has 3 nitrogen and oxygen atoms in total. The molecule has 0 spiro atoms. The summed E-state index contributed by atoms with van der Waals surface area (Å²) in [6.07, 6.45) is 8.61. The van der Waals surface area contributed by atoms with Gasteiger partial charge in [0.2, 0.25) is 0 Å². The molecule has 4 unspecified atom stereocenters. The standard InChI is InChI=1S/C40H48F3NO2/c1-25(2)27(4)37-23-33(39(6,7)44-24-30-14-18-32(19-15-30)40(41,42)43)20-21-34(37)28(5)26(3)22-29-12-16-31(17-13-29)35-10-8-9-11-36(35)38(45)46/h8-16,18,20-21,23,26,28,31-32,44H,17,19,22,24H2,1-7H3,(H,45,46). The van der Waals surface area contributed by atoms with Gasteiger partial charge in [0.15, 0.2) is 0 Å². The number of carbonyl (C=O) groups is 1. The minimum Gasteiger partial charge on any atom is -0.478 e. The lowest BCUT2D eigenvalue weighted by atomic mass is 9.78. The van der Waals surface area contributed by atoms with E-state index >= 15 is 0 Å². The maximum Gasteiger partial charge on any atom is 0.395 e. The lowest BCUT2D eigenvalue weighted by Gasteiger charge is -2.31. The first kappa shape index (κ1) is 35.2. The van der Waals surface area contributed by atoms with Crippen molar-refractivity contribution in [1.82, 2.24) is 5.32 Å². The second kappa shape index (κ2) is 14.4. The normalized spacial score (nSPS) is 19.7. The lowest BCUT2D eigenvalue weighted by Crippen LogP contribution is -2.38. The van der Waals surface area contributed by atoms with E-state index in [1.165, 1.54) is 33.9 Å². The molecule has 0 radical (unpaired) electrons. The molecule has 2 aromatic carbocycles. The Hall–Kier alpha value is -3.64. The summed E-state index contributed by atoms with van der Waals surface area (Å²) in [6.45, 7) is 15.8. The SMILES string of the molecule is CC(C)=C(C)c1cc(C(C)(C)NCC2=CCC(C(F)(F)F)C=C2)ccc1C(C)C(C)CC1=CCC(c2ccccc2C(=O)O)C=C1. The van der Waals surface area contributed by atoms with Crippen LogP contribution < -0.4 is 5.32 Å². The number of allylic oxidation sites excluding steroid dienone is 8. The third kappa shape index (κ3) is 8.38. The van der Waals surface area contributed by atoms with E-state index in [4.69, 9.17) is 0 Å². The third-order valence-corrected chi connectivity index (χ3v) is 9.93. The largest absolute Gasteiger partial charge is 0.478 e. The van der Waals surface area contributed by atoms with E-state index in [0.29, 0.717) is 18.0 Å². The zero-order valence-electron chi connectivity index (χ0n) is 28.1. The summed E-state index contributed by atoms with van der Waals surface area (Å²) in [5.74, 6) is -1.59. The highest BCUT2D eigenvalue weighted by Gasteiger charge is 2.37. The zero-order chi connectivity index (χ0) is 33.8. The van der Waals surface area contributed by atoms with Crippen LogP contribution in [-0.4, -0.2) is 23.8 Å². The van der Waals surface area contributed by atoms with E-state index in [1.54, 1.807) is 24.3 Å². The van der Waals surface area contributed by atoms with Gasteiger partial charge in [-0.3, -0.25) is 0 Å². The van der Waals surface area contributed by atoms with Crippen molar-refractivity contribution < 1.29 is 23.1 Å². The molecule has 0 heterocycles. The van der Waals surface area contributed by atoms with Crippen LogP contribution in [0.4, 0.5) is 13.2 Å². The second-order valence-corrected chi connectivity index (χ2v) is 13.8. The van der Waals surface area contributed by atoms with Gasteiger partial charge in [0.1, 0.15) is 0 Å². The van der Waals surface area contributed by atoms with Crippen molar-refractivity contribution >= 4 is 11.5 Å². The van der Waals surface area contributed by atoms with Gasteiger partial charge in [-0.2, -0.15) is 13.2 Å². The molecule has 46 heavy (non-hydrogen) atoms. The minimum atomic E-state index is -4.20. The number of benzene rings is 2. The van der Waals surface area contributed by atoms with Gasteiger partial charge in [0.25, 0.3) is 0 Å². The number of aromatic carboxylic acids is 1. The van der Waals surface area contributed by atoms with Crippen LogP contribution in [0.1, 0.15) is 112 Å². The predicted octanol–water partition coefficient (Wildman–Crippen LogP) is 10.9. The molecule has 2 aliphatic carbocycles. The second-order valence-electron chi connectivity index (χ2n) is 13.8. The predicted molar refractivity (Wildman–Crippen MR) is 183 cm³/mol. The van der Waals surface area contributed by atoms with Crippen LogP contribution in [0.2, 0.25) is 0 Å². The summed E-state index contributed by atoms with van der Waals surface area (Å²) in [6, 6.07) is 14.0. The van der Waals surface area contributed by atoms with Crippen LogP contribution in [0.5, 0.6) is 0 Å². The smallest absolute Gasteiger partial charge is 0.395 e. The Kier molecular flexibility index (Phi) is 11.0. The molecule has 246 valence electrons. The molecular weight excluding hydrogens is 583 g/mol. The van der Waals surface area contributed by atoms with Gasteiger partial charge >= 0.3 is 12.1 Å². The van der Waals surface area contributed by atoms with Crippen LogP contribution in [0.25, 0.3) is 5.57 Å². The van der Waals surface area contributed by atoms with E-state index in [1.807, 2.05) is 12.1 Å². The Morgan fingerprint density at radius 2 is 1.61 bits per heavy atom. The van der Waals surface area contributed by atoms with Crippen molar-refractivity contribution in [2.75, 3.05) is 6.54 Å². The summed E-state index contributed by atoms with van der Waals surface area (Å²) in [4.78, 5) is 11.7. The van der Waals surface area contributed by atoms with Crippen LogP contribution in [0, 0.1) is 11.8 Å². The molecule has 2 N–H and O–H groups in total. The summed E-state index contributed by atoms with van der Waals surface area (Å²) in [5.41, 5.74) is 9.14. The topological polar surface area (TPSA) is 49.3 Å². The van der Waals surface area contributed by atoms with Crippen molar-refractivity contribution in [2.24, 2.45) is 11.8 Å². The minimum absolute atomic E-state index is 0.0158. The maximum absolute atomic E-state index is 13.1. The average Bonchev–Trinajstić information content (AvgIpc) is 3.02. The van der Waals surface area contributed by atoms with Crippen LogP contribution in [0.3, 0.4) is 0 Å². The summed E-state index contributed by atoms with van der Waals surface area (Å²) >= 11 is 0. The molecular formula is C40H48F3NO2. The van der Waals surface area contributed by atoms with Gasteiger partial charge in [0, 0.05) is 18.0 Å². The van der Waals surface area contributed by atoms with Crippen LogP contribution in [0.15, 0.2) is 95.6 Å². The summed E-state index contributed by atoms with van der Waals surface area (Å²) < 4.78 is 39.2. The summed E-state index contributed by atoms with van der Waals surface area (Å²) in [5, 5.41) is 13.2. The van der Waals surface area contributed by atoms with E-state index in [2.05, 4.69) is 90.2 Å². The highest BCUT2D eigenvalue weighted by atomic mass is 19.4. The molecule has 0 saturated heterocycles. The monoisotopic (exact) mass is 631 g/mol. The quantitative estimate of drug-likeness (QED) is 0.259. The highest BCUT2D eigenvalue weighted by molar-refractivity contribution is 5.89. The fraction of sp³-hybridized carbons (Fsp3) is 0.425. The molecule has 0 bridgehead atoms. The van der Waals surface area contributed by atoms with Gasteiger partial charge in [-0.1, -0.05) is 91.8 Å². The molecule has 0 fully saturated rings. The van der Waals surface area contributed by atoms with Gasteiger partial charge < -0.3 is 10.4 Å². The number of hydrogen-bond acceptors (Lipinski definition) is 2. The number of nitrogens with one attached hydrogen (secondary N) is 1. The number of rotatable bonds is 11. The number of alkyl halides is 3. The number of carboxylic acids is 1. The molecule has 0 amide bonds. The van der Waals surface area contributed by atoms with Crippen LogP contribution in [-0.2, 0) is 5.54 Å². The Balaban J connectivity index is 1.48. The number of carboxylic acid groups (broad SMARTS) is 1. The molecule has 6 heteroatoms. The Bertz CT molecular complexity index is 1580. The molecule has 4 rings (SSSR count). The maximum atomic E-state index is 13.1. The molecule has 2 aromatic rings. The Morgan fingerprint density at radius 3 is 2.20 bits per heavy atom. The van der Waals surface area contributed by atoms with Crippen molar-refractivity contribution in [3.63, 3.8) is 0 Å².